The van der Waals surface area contributed by atoms with Crippen molar-refractivity contribution in [3.63, 3.8) is 0 Å². The van der Waals surface area contributed by atoms with Gasteiger partial charge in [-0.3, -0.25) is 9.78 Å². The molecule has 2 aromatic heterocycles. The molecule has 0 aliphatic carbocycles. The molecular weight excluding hydrogens is 356 g/mol. The van der Waals surface area contributed by atoms with Crippen LogP contribution in [0.4, 0.5) is 5.69 Å². The number of nitrogens with zero attached hydrogens (tertiary/aromatic N) is 2. The second-order valence-corrected chi connectivity index (χ2v) is 5.93. The fourth-order valence-corrected chi connectivity index (χ4v) is 2.44. The van der Waals surface area contributed by atoms with Crippen molar-refractivity contribution in [2.24, 2.45) is 0 Å². The maximum atomic E-state index is 12.1. The van der Waals surface area contributed by atoms with Gasteiger partial charge in [0.25, 0.3) is 5.91 Å². The van der Waals surface area contributed by atoms with Crippen LogP contribution in [-0.2, 0) is 6.54 Å². The number of pyridine rings is 2. The standard InChI is InChI=1S/C21H22N4O3/c1-27-18-5-7-19(8-6-18)28-12-11-23-17-4-9-20(24-15-17)21(26)25-14-16-3-2-10-22-13-16/h2-10,13,15,23H,11-12,14H2,1H3,(H,25,26). The summed E-state index contributed by atoms with van der Waals surface area (Å²) < 4.78 is 10.8. The highest BCUT2D eigenvalue weighted by molar-refractivity contribution is 5.92. The van der Waals surface area contributed by atoms with Gasteiger partial charge in [-0.15, -0.1) is 0 Å². The molecule has 0 unspecified atom stereocenters. The molecule has 0 aliphatic rings. The van der Waals surface area contributed by atoms with Crippen molar-refractivity contribution >= 4 is 11.6 Å². The summed E-state index contributed by atoms with van der Waals surface area (Å²) in [6.45, 7) is 1.52. The number of anilines is 1. The van der Waals surface area contributed by atoms with E-state index in [-0.39, 0.29) is 5.91 Å². The highest BCUT2D eigenvalue weighted by atomic mass is 16.5. The Labute approximate surface area is 163 Å². The van der Waals surface area contributed by atoms with Crippen LogP contribution in [0.1, 0.15) is 16.1 Å². The van der Waals surface area contributed by atoms with Crippen molar-refractivity contribution in [1.29, 1.82) is 0 Å². The Hall–Kier alpha value is -3.61. The third-order valence-electron chi connectivity index (χ3n) is 3.93. The van der Waals surface area contributed by atoms with Gasteiger partial charge in [0, 0.05) is 25.5 Å². The van der Waals surface area contributed by atoms with E-state index < -0.39 is 0 Å². The molecule has 1 amide bonds. The summed E-state index contributed by atoms with van der Waals surface area (Å²) in [5, 5.41) is 6.03. The van der Waals surface area contributed by atoms with E-state index in [0.717, 1.165) is 22.7 Å². The predicted octanol–water partition coefficient (Wildman–Crippen LogP) is 2.91. The van der Waals surface area contributed by atoms with Crippen molar-refractivity contribution in [3.05, 3.63) is 78.4 Å². The van der Waals surface area contributed by atoms with Gasteiger partial charge in [0.2, 0.25) is 0 Å². The third-order valence-corrected chi connectivity index (χ3v) is 3.93. The first kappa shape index (κ1) is 19.2. The van der Waals surface area contributed by atoms with Crippen LogP contribution in [0, 0.1) is 0 Å². The number of hydrogen-bond acceptors (Lipinski definition) is 6. The van der Waals surface area contributed by atoms with E-state index in [9.17, 15) is 4.79 Å². The molecule has 0 aliphatic heterocycles. The van der Waals surface area contributed by atoms with Gasteiger partial charge in [0.15, 0.2) is 0 Å². The molecule has 2 N–H and O–H groups in total. The molecule has 28 heavy (non-hydrogen) atoms. The van der Waals surface area contributed by atoms with Gasteiger partial charge in [-0.2, -0.15) is 0 Å². The van der Waals surface area contributed by atoms with E-state index in [0.29, 0.717) is 25.4 Å². The number of nitrogens with one attached hydrogen (secondary N) is 2. The van der Waals surface area contributed by atoms with Gasteiger partial charge in [0.1, 0.15) is 23.8 Å². The van der Waals surface area contributed by atoms with Crippen LogP contribution < -0.4 is 20.1 Å². The Morgan fingerprint density at radius 3 is 2.54 bits per heavy atom. The van der Waals surface area contributed by atoms with Gasteiger partial charge < -0.3 is 20.1 Å². The average Bonchev–Trinajstić information content (AvgIpc) is 2.76. The summed E-state index contributed by atoms with van der Waals surface area (Å²) in [5.41, 5.74) is 2.12. The minimum atomic E-state index is -0.224. The number of rotatable bonds is 9. The molecule has 0 fully saturated rings. The molecule has 144 valence electrons. The highest BCUT2D eigenvalue weighted by Gasteiger charge is 2.07. The SMILES string of the molecule is COc1ccc(OCCNc2ccc(C(=O)NCc3cccnc3)nc2)cc1. The van der Waals surface area contributed by atoms with Gasteiger partial charge in [-0.1, -0.05) is 6.07 Å². The number of carbonyl (C=O) groups is 1. The average molecular weight is 378 g/mol. The lowest BCUT2D eigenvalue weighted by molar-refractivity contribution is 0.0946. The molecule has 7 nitrogen and oxygen atoms in total. The fourth-order valence-electron chi connectivity index (χ4n) is 2.44. The lowest BCUT2D eigenvalue weighted by Gasteiger charge is -2.09. The number of hydrogen-bond donors (Lipinski definition) is 2. The van der Waals surface area contributed by atoms with Crippen molar-refractivity contribution in [3.8, 4) is 11.5 Å². The molecule has 0 saturated heterocycles. The molecule has 0 bridgehead atoms. The van der Waals surface area contributed by atoms with E-state index in [1.54, 1.807) is 31.8 Å². The number of amides is 1. The molecule has 7 heteroatoms. The zero-order valence-corrected chi connectivity index (χ0v) is 15.6. The van der Waals surface area contributed by atoms with Crippen LogP contribution in [0.25, 0.3) is 0 Å². The van der Waals surface area contributed by atoms with Crippen LogP contribution in [-0.4, -0.2) is 36.1 Å². The van der Waals surface area contributed by atoms with Crippen LogP contribution >= 0.6 is 0 Å². The summed E-state index contributed by atoms with van der Waals surface area (Å²) >= 11 is 0. The van der Waals surface area contributed by atoms with Crippen molar-refractivity contribution in [2.75, 3.05) is 25.6 Å². The molecule has 3 rings (SSSR count). The second-order valence-electron chi connectivity index (χ2n) is 5.93. The monoisotopic (exact) mass is 378 g/mol. The number of benzene rings is 1. The Morgan fingerprint density at radius 1 is 1.04 bits per heavy atom. The number of ether oxygens (including phenoxy) is 2. The summed E-state index contributed by atoms with van der Waals surface area (Å²) in [6.07, 6.45) is 5.04. The molecule has 2 heterocycles. The summed E-state index contributed by atoms with van der Waals surface area (Å²) in [5.74, 6) is 1.35. The second kappa shape index (κ2) is 9.91. The summed E-state index contributed by atoms with van der Waals surface area (Å²) in [4.78, 5) is 20.4. The van der Waals surface area contributed by atoms with Crippen LogP contribution in [0.2, 0.25) is 0 Å². The minimum Gasteiger partial charge on any atom is -0.497 e. The third kappa shape index (κ3) is 5.70. The zero-order chi connectivity index (χ0) is 19.6. The van der Waals surface area contributed by atoms with Gasteiger partial charge in [-0.25, -0.2) is 4.98 Å². The minimum absolute atomic E-state index is 0.224. The van der Waals surface area contributed by atoms with Crippen LogP contribution in [0.3, 0.4) is 0 Å². The van der Waals surface area contributed by atoms with Crippen molar-refractivity contribution in [2.45, 2.75) is 6.54 Å². The first-order valence-electron chi connectivity index (χ1n) is 8.88. The highest BCUT2D eigenvalue weighted by Crippen LogP contribution is 2.16. The normalized spacial score (nSPS) is 10.2. The Balaban J connectivity index is 1.40. The lowest BCUT2D eigenvalue weighted by Crippen LogP contribution is -2.23. The summed E-state index contributed by atoms with van der Waals surface area (Å²) in [7, 11) is 1.63. The van der Waals surface area contributed by atoms with Crippen LogP contribution in [0.5, 0.6) is 11.5 Å². The number of carbonyl (C=O) groups excluding carboxylic acids is 1. The van der Waals surface area contributed by atoms with Crippen molar-refractivity contribution in [1.82, 2.24) is 15.3 Å². The number of methoxy groups -OCH3 is 1. The molecular formula is C21H22N4O3. The van der Waals surface area contributed by atoms with E-state index in [4.69, 9.17) is 9.47 Å². The molecule has 0 radical (unpaired) electrons. The fraction of sp³-hybridized carbons (Fsp3) is 0.190. The van der Waals surface area contributed by atoms with Gasteiger partial charge >= 0.3 is 0 Å². The molecule has 0 saturated carbocycles. The van der Waals surface area contributed by atoms with Crippen LogP contribution in [0.15, 0.2) is 67.1 Å². The Bertz CT molecular complexity index is 868. The summed E-state index contributed by atoms with van der Waals surface area (Å²) in [6, 6.07) is 14.7. The molecule has 3 aromatic rings. The largest absolute Gasteiger partial charge is 0.497 e. The predicted molar refractivity (Wildman–Crippen MR) is 107 cm³/mol. The zero-order valence-electron chi connectivity index (χ0n) is 15.6. The van der Waals surface area contributed by atoms with E-state index in [1.165, 1.54) is 0 Å². The van der Waals surface area contributed by atoms with E-state index in [2.05, 4.69) is 20.6 Å². The maximum Gasteiger partial charge on any atom is 0.270 e. The molecule has 0 spiro atoms. The van der Waals surface area contributed by atoms with Gasteiger partial charge in [-0.05, 0) is 48.0 Å². The topological polar surface area (TPSA) is 85.4 Å². The Morgan fingerprint density at radius 2 is 1.86 bits per heavy atom. The van der Waals surface area contributed by atoms with Crippen molar-refractivity contribution < 1.29 is 14.3 Å². The van der Waals surface area contributed by atoms with E-state index in [1.807, 2.05) is 42.5 Å². The first-order chi connectivity index (χ1) is 13.7. The van der Waals surface area contributed by atoms with E-state index >= 15 is 0 Å². The smallest absolute Gasteiger partial charge is 0.270 e. The Kier molecular flexibility index (Phi) is 6.78. The maximum absolute atomic E-state index is 12.1. The first-order valence-corrected chi connectivity index (χ1v) is 8.88. The number of aromatic nitrogens is 2. The molecule has 0 atom stereocenters. The van der Waals surface area contributed by atoms with Gasteiger partial charge in [0.05, 0.1) is 19.0 Å². The molecule has 1 aromatic carbocycles. The quantitative estimate of drug-likeness (QED) is 0.557. The lowest BCUT2D eigenvalue weighted by atomic mass is 10.2.